The van der Waals surface area contributed by atoms with Crippen LogP contribution in [0.5, 0.6) is 11.5 Å². The number of nitrogens with zero attached hydrogens (tertiary/aromatic N) is 2. The highest BCUT2D eigenvalue weighted by atomic mass is 32.2. The number of ether oxygens (including phenoxy) is 1. The van der Waals surface area contributed by atoms with Crippen LogP contribution in [0.2, 0.25) is 0 Å². The molecule has 3 saturated heterocycles. The Bertz CT molecular complexity index is 1620. The highest BCUT2D eigenvalue weighted by Crippen LogP contribution is 2.50. The molecule has 1 spiro atoms. The minimum atomic E-state index is -2.86. The van der Waals surface area contributed by atoms with E-state index in [0.29, 0.717) is 69.8 Å². The molecule has 0 radical (unpaired) electrons. The Hall–Kier alpha value is -3.22. The lowest BCUT2D eigenvalue weighted by atomic mass is 9.60. The van der Waals surface area contributed by atoms with Crippen molar-refractivity contribution in [1.82, 2.24) is 15.1 Å². The average molecular weight is 668 g/mol. The van der Waals surface area contributed by atoms with Crippen molar-refractivity contribution >= 4 is 43.5 Å². The summed E-state index contributed by atoms with van der Waals surface area (Å²) < 4.78 is 29.9. The van der Waals surface area contributed by atoms with Crippen molar-refractivity contribution in [2.75, 3.05) is 31.1 Å². The normalized spacial score (nSPS) is 21.2. The van der Waals surface area contributed by atoms with E-state index in [0.717, 1.165) is 62.5 Å². The van der Waals surface area contributed by atoms with Crippen LogP contribution >= 0.6 is 11.8 Å². The zero-order chi connectivity index (χ0) is 32.6. The molecule has 2 amide bonds. The lowest BCUT2D eigenvalue weighted by Gasteiger charge is -2.61. The van der Waals surface area contributed by atoms with Gasteiger partial charge in [-0.15, -0.1) is 0 Å². The third-order valence-electron chi connectivity index (χ3n) is 9.75. The first-order chi connectivity index (χ1) is 21.9. The summed E-state index contributed by atoms with van der Waals surface area (Å²) in [6.07, 6.45) is 4.67. The molecule has 1 aliphatic carbocycles. The maximum Gasteiger partial charge on any atom is 0.251 e. The van der Waals surface area contributed by atoms with Crippen molar-refractivity contribution in [3.8, 4) is 11.5 Å². The maximum absolute atomic E-state index is 13.4. The molecule has 2 aromatic rings. The van der Waals surface area contributed by atoms with E-state index in [2.05, 4.69) is 10.2 Å². The van der Waals surface area contributed by atoms with Gasteiger partial charge in [0.2, 0.25) is 5.91 Å². The maximum atomic E-state index is 13.4. The Morgan fingerprint density at radius 2 is 1.76 bits per heavy atom. The van der Waals surface area contributed by atoms with Crippen molar-refractivity contribution in [2.24, 2.45) is 11.3 Å². The molecule has 46 heavy (non-hydrogen) atoms. The molecule has 1 saturated carbocycles. The van der Waals surface area contributed by atoms with Crippen molar-refractivity contribution < 1.29 is 24.2 Å². The van der Waals surface area contributed by atoms with Gasteiger partial charge in [0, 0.05) is 68.7 Å². The Labute approximate surface area is 277 Å². The van der Waals surface area contributed by atoms with E-state index in [9.17, 15) is 18.0 Å². The van der Waals surface area contributed by atoms with Crippen molar-refractivity contribution in [3.05, 3.63) is 59.2 Å². The third-order valence-corrected chi connectivity index (χ3v) is 12.6. The Morgan fingerprint density at radius 1 is 1.09 bits per heavy atom. The summed E-state index contributed by atoms with van der Waals surface area (Å²) in [4.78, 5) is 30.0. The fourth-order valence-electron chi connectivity index (χ4n) is 7.02. The average Bonchev–Trinajstić information content (AvgIpc) is 3.38. The SMILES string of the molecule is CC(C)C(=N)SC(=N)c1ccc(Oc2cc(C(=O)NC3CC4(C3)CN(C3CCS(=O)(=O)CC3)C4)ccc2CN2CCCC2=O)cc1.[HH]. The zero-order valence-electron chi connectivity index (χ0n) is 26.5. The van der Waals surface area contributed by atoms with Crippen LogP contribution < -0.4 is 10.1 Å². The van der Waals surface area contributed by atoms with Crippen LogP contribution in [0.4, 0.5) is 0 Å². The van der Waals surface area contributed by atoms with Crippen LogP contribution in [-0.2, 0) is 21.2 Å². The van der Waals surface area contributed by atoms with Crippen molar-refractivity contribution in [2.45, 2.75) is 71.0 Å². The number of carbonyl (C=O) groups is 2. The van der Waals surface area contributed by atoms with Gasteiger partial charge < -0.3 is 15.0 Å². The predicted molar refractivity (Wildman–Crippen MR) is 183 cm³/mol. The van der Waals surface area contributed by atoms with E-state index in [1.807, 2.05) is 24.8 Å². The number of hydrogen-bond donors (Lipinski definition) is 3. The monoisotopic (exact) mass is 667 g/mol. The molecule has 0 bridgehead atoms. The third kappa shape index (κ3) is 7.34. The van der Waals surface area contributed by atoms with Crippen LogP contribution in [-0.4, -0.2) is 83.3 Å². The number of thioether (sulfide) groups is 1. The van der Waals surface area contributed by atoms with Gasteiger partial charge in [0.15, 0.2) is 0 Å². The second-order valence-corrected chi connectivity index (χ2v) is 17.0. The first-order valence-corrected chi connectivity index (χ1v) is 18.8. The number of likely N-dealkylation sites (tertiary alicyclic amines) is 2. The minimum absolute atomic E-state index is 0. The molecule has 248 valence electrons. The number of amides is 2. The van der Waals surface area contributed by atoms with E-state index in [4.69, 9.17) is 15.6 Å². The van der Waals surface area contributed by atoms with Crippen LogP contribution in [0, 0.1) is 22.2 Å². The van der Waals surface area contributed by atoms with E-state index in [-0.39, 0.29) is 30.6 Å². The molecule has 4 fully saturated rings. The van der Waals surface area contributed by atoms with Crippen LogP contribution in [0.15, 0.2) is 42.5 Å². The molecular formula is C34H45N5O5S2. The fraction of sp³-hybridized carbons (Fsp3) is 0.529. The van der Waals surface area contributed by atoms with Gasteiger partial charge in [0.25, 0.3) is 5.91 Å². The summed E-state index contributed by atoms with van der Waals surface area (Å²) in [5.74, 6) is 1.66. The predicted octanol–water partition coefficient (Wildman–Crippen LogP) is 5.31. The molecule has 10 nitrogen and oxygen atoms in total. The van der Waals surface area contributed by atoms with Crippen molar-refractivity contribution in [3.63, 3.8) is 0 Å². The largest absolute Gasteiger partial charge is 0.457 e. The molecule has 3 aliphatic heterocycles. The quantitative estimate of drug-likeness (QED) is 0.243. The topological polar surface area (TPSA) is 144 Å². The lowest BCUT2D eigenvalue weighted by molar-refractivity contribution is -0.128. The van der Waals surface area contributed by atoms with Gasteiger partial charge in [-0.05, 0) is 73.9 Å². The molecule has 2 aromatic carbocycles. The molecule has 6 rings (SSSR count). The van der Waals surface area contributed by atoms with Crippen LogP contribution in [0.25, 0.3) is 0 Å². The number of nitrogens with one attached hydrogen (secondary N) is 3. The molecule has 0 aromatic heterocycles. The number of benzene rings is 2. The first kappa shape index (κ1) is 32.7. The summed E-state index contributed by atoms with van der Waals surface area (Å²) in [5.41, 5.74) is 2.23. The van der Waals surface area contributed by atoms with E-state index >= 15 is 0 Å². The second kappa shape index (κ2) is 13.1. The van der Waals surface area contributed by atoms with Gasteiger partial charge in [-0.25, -0.2) is 8.42 Å². The molecule has 12 heteroatoms. The highest BCUT2D eigenvalue weighted by Gasteiger charge is 2.54. The minimum Gasteiger partial charge on any atom is -0.457 e. The number of hydrogen-bond acceptors (Lipinski definition) is 9. The molecule has 3 N–H and O–H groups in total. The Balaban J connectivity index is 0.00000433. The standard InChI is InChI=1S/C34H43N5O5S2.H2/c1-22(2)31(35)45-32(36)23-7-9-28(10-8-23)44-29-16-24(5-6-25(29)19-38-13-3-4-30(38)40)33(41)37-26-17-34(18-26)20-39(21-34)27-11-14-46(42,43)15-12-27;/h5-10,16,22,26-27,35-36H,3-4,11-15,17-21H2,1-2H3,(H,37,41);1H. The summed E-state index contributed by atoms with van der Waals surface area (Å²) in [6, 6.07) is 13.0. The van der Waals surface area contributed by atoms with Gasteiger partial charge >= 0.3 is 0 Å². The Morgan fingerprint density at radius 3 is 2.39 bits per heavy atom. The highest BCUT2D eigenvalue weighted by molar-refractivity contribution is 8.26. The van der Waals surface area contributed by atoms with E-state index in [1.165, 1.54) is 0 Å². The van der Waals surface area contributed by atoms with Crippen LogP contribution in [0.1, 0.15) is 75.3 Å². The first-order valence-electron chi connectivity index (χ1n) is 16.2. The lowest BCUT2D eigenvalue weighted by Crippen LogP contribution is -2.68. The fourth-order valence-corrected chi connectivity index (χ4v) is 9.19. The molecule has 0 atom stereocenters. The molecular weight excluding hydrogens is 623 g/mol. The number of sulfone groups is 1. The van der Waals surface area contributed by atoms with Gasteiger partial charge in [0.05, 0.1) is 16.5 Å². The van der Waals surface area contributed by atoms with Crippen molar-refractivity contribution in [1.29, 1.82) is 10.8 Å². The van der Waals surface area contributed by atoms with Gasteiger partial charge in [-0.2, -0.15) is 0 Å². The summed E-state index contributed by atoms with van der Waals surface area (Å²) in [6.45, 7) is 6.92. The van der Waals surface area contributed by atoms with Gasteiger partial charge in [0.1, 0.15) is 26.4 Å². The molecule has 0 unspecified atom stereocenters. The van der Waals surface area contributed by atoms with Gasteiger partial charge in [-0.3, -0.25) is 25.3 Å². The number of rotatable bonds is 9. The van der Waals surface area contributed by atoms with E-state index < -0.39 is 9.84 Å². The van der Waals surface area contributed by atoms with E-state index in [1.54, 1.807) is 36.4 Å². The summed E-state index contributed by atoms with van der Waals surface area (Å²) in [5, 5.41) is 20.4. The summed E-state index contributed by atoms with van der Waals surface area (Å²) in [7, 11) is -2.86. The smallest absolute Gasteiger partial charge is 0.251 e. The van der Waals surface area contributed by atoms with Gasteiger partial charge in [-0.1, -0.05) is 31.7 Å². The molecule has 4 aliphatic rings. The second-order valence-electron chi connectivity index (χ2n) is 13.7. The number of carbonyl (C=O) groups excluding carboxylic acids is 2. The summed E-state index contributed by atoms with van der Waals surface area (Å²) >= 11 is 1.14. The van der Waals surface area contributed by atoms with Crippen LogP contribution in [0.3, 0.4) is 0 Å². The Kier molecular flexibility index (Phi) is 9.33. The zero-order valence-corrected chi connectivity index (χ0v) is 28.1. The molecule has 3 heterocycles.